The number of benzene rings is 1. The normalized spacial score (nSPS) is 33.1. The molecule has 0 saturated carbocycles. The molecule has 1 aromatic carbocycles. The van der Waals surface area contributed by atoms with Crippen molar-refractivity contribution in [3.63, 3.8) is 0 Å². The summed E-state index contributed by atoms with van der Waals surface area (Å²) in [7, 11) is 1.37. The van der Waals surface area contributed by atoms with Crippen molar-refractivity contribution in [3.05, 3.63) is 35.5 Å². The first-order valence-corrected chi connectivity index (χ1v) is 9.73. The predicted molar refractivity (Wildman–Crippen MR) is 98.7 cm³/mol. The molecule has 1 saturated heterocycles. The Kier molecular flexibility index (Phi) is 3.35. The number of para-hydroxylation sites is 1. The molecule has 4 heterocycles. The van der Waals surface area contributed by atoms with Gasteiger partial charge in [0.25, 0.3) is 0 Å². The van der Waals surface area contributed by atoms with Crippen molar-refractivity contribution in [2.45, 2.75) is 50.8 Å². The third-order valence-corrected chi connectivity index (χ3v) is 7.18. The number of carbonyl (C=O) groups excluding carboxylic acids is 1. The Balaban J connectivity index is 1.89. The van der Waals surface area contributed by atoms with Crippen molar-refractivity contribution in [1.82, 2.24) is 9.47 Å². The lowest BCUT2D eigenvalue weighted by molar-refractivity contribution is -0.194. The maximum absolute atomic E-state index is 12.8. The van der Waals surface area contributed by atoms with Gasteiger partial charge in [0.15, 0.2) is 0 Å². The molecule has 1 aromatic heterocycles. The molecule has 3 aliphatic heterocycles. The first-order chi connectivity index (χ1) is 12.6. The lowest BCUT2D eigenvalue weighted by Gasteiger charge is -2.57. The third-order valence-electron chi connectivity index (χ3n) is 7.18. The molecule has 138 valence electrons. The average Bonchev–Trinajstić information content (AvgIpc) is 3.02. The summed E-state index contributed by atoms with van der Waals surface area (Å²) in [5, 5.41) is 12.9. The number of fused-ring (bicyclic) bond motifs is 3. The zero-order chi connectivity index (χ0) is 18.1. The molecule has 5 rings (SSSR count). The highest BCUT2D eigenvalue weighted by Crippen LogP contribution is 2.60. The number of piperidine rings is 1. The quantitative estimate of drug-likeness (QED) is 0.843. The van der Waals surface area contributed by atoms with E-state index in [0.717, 1.165) is 50.0 Å². The van der Waals surface area contributed by atoms with Gasteiger partial charge >= 0.3 is 5.97 Å². The molecule has 0 radical (unpaired) electrons. The van der Waals surface area contributed by atoms with Crippen LogP contribution >= 0.6 is 0 Å². The van der Waals surface area contributed by atoms with E-state index in [1.807, 2.05) is 22.8 Å². The second-order valence-electron chi connectivity index (χ2n) is 8.21. The van der Waals surface area contributed by atoms with Crippen LogP contribution in [0.4, 0.5) is 0 Å². The molecule has 1 fully saturated rings. The molecule has 5 heteroatoms. The molecule has 0 bridgehead atoms. The molecule has 0 aliphatic carbocycles. The van der Waals surface area contributed by atoms with E-state index in [1.165, 1.54) is 18.1 Å². The van der Waals surface area contributed by atoms with Gasteiger partial charge in [-0.25, -0.2) is 4.79 Å². The number of aliphatic hydroxyl groups is 1. The molecule has 1 unspecified atom stereocenters. The summed E-state index contributed by atoms with van der Waals surface area (Å²) in [6.07, 6.45) is 4.52. The Morgan fingerprint density at radius 1 is 1.35 bits per heavy atom. The lowest BCUT2D eigenvalue weighted by atomic mass is 9.62. The van der Waals surface area contributed by atoms with E-state index in [4.69, 9.17) is 4.74 Å². The summed E-state index contributed by atoms with van der Waals surface area (Å²) in [6.45, 7) is 4.36. The molecule has 0 amide bonds. The Morgan fingerprint density at radius 2 is 2.15 bits per heavy atom. The molecule has 3 aliphatic rings. The molecule has 2 aromatic rings. The van der Waals surface area contributed by atoms with Gasteiger partial charge in [-0.3, -0.25) is 4.90 Å². The van der Waals surface area contributed by atoms with Gasteiger partial charge < -0.3 is 14.4 Å². The highest BCUT2D eigenvalue weighted by Gasteiger charge is 2.60. The Hall–Kier alpha value is -1.85. The Labute approximate surface area is 153 Å². The number of ether oxygens (including phenoxy) is 1. The fraction of sp³-hybridized carbons (Fsp3) is 0.571. The summed E-state index contributed by atoms with van der Waals surface area (Å²) in [5.74, 6) is -0.546. The number of hydrogen-bond acceptors (Lipinski definition) is 4. The average molecular weight is 354 g/mol. The third kappa shape index (κ3) is 1.80. The Morgan fingerprint density at radius 3 is 2.92 bits per heavy atom. The van der Waals surface area contributed by atoms with Gasteiger partial charge in [-0.1, -0.05) is 25.1 Å². The second kappa shape index (κ2) is 5.33. The van der Waals surface area contributed by atoms with Crippen LogP contribution in [0.5, 0.6) is 0 Å². The minimum atomic E-state index is -1.63. The van der Waals surface area contributed by atoms with E-state index < -0.39 is 11.7 Å². The molecule has 5 nitrogen and oxygen atoms in total. The van der Waals surface area contributed by atoms with Gasteiger partial charge in [-0.2, -0.15) is 0 Å². The monoisotopic (exact) mass is 354 g/mol. The van der Waals surface area contributed by atoms with Crippen LogP contribution in [0.3, 0.4) is 0 Å². The molecule has 0 spiro atoms. The van der Waals surface area contributed by atoms with E-state index in [2.05, 4.69) is 17.9 Å². The van der Waals surface area contributed by atoms with Crippen molar-refractivity contribution in [1.29, 1.82) is 0 Å². The number of aromatic nitrogens is 1. The lowest BCUT2D eigenvalue weighted by Crippen LogP contribution is -2.60. The van der Waals surface area contributed by atoms with Gasteiger partial charge in [-0.15, -0.1) is 0 Å². The molecule has 1 N–H and O–H groups in total. The van der Waals surface area contributed by atoms with Gasteiger partial charge in [0, 0.05) is 24.0 Å². The van der Waals surface area contributed by atoms with Gasteiger partial charge in [-0.05, 0) is 49.3 Å². The standard InChI is InChI=1S/C21H26N2O3/c1-3-20-10-6-11-22-12-9-15-14-7-4-5-8-16(14)23(17(15)18(20)22)21(25,13-20)19(24)26-2/h4-5,7-8,18,25H,3,6,9-13H2,1-2H3/t18-,20-,21?/m0/s1. The van der Waals surface area contributed by atoms with Crippen LogP contribution in [0.2, 0.25) is 0 Å². The van der Waals surface area contributed by atoms with Crippen LogP contribution < -0.4 is 0 Å². The zero-order valence-electron chi connectivity index (χ0n) is 15.5. The molecule has 26 heavy (non-hydrogen) atoms. The summed E-state index contributed by atoms with van der Waals surface area (Å²) < 4.78 is 7.01. The maximum Gasteiger partial charge on any atom is 0.359 e. The fourth-order valence-electron chi connectivity index (χ4n) is 6.10. The van der Waals surface area contributed by atoms with Crippen LogP contribution in [0, 0.1) is 5.41 Å². The summed E-state index contributed by atoms with van der Waals surface area (Å²) in [5.41, 5.74) is 1.69. The van der Waals surface area contributed by atoms with E-state index in [0.29, 0.717) is 6.42 Å². The number of methoxy groups -OCH3 is 1. The second-order valence-corrected chi connectivity index (χ2v) is 8.21. The largest absolute Gasteiger partial charge is 0.465 e. The zero-order valence-corrected chi connectivity index (χ0v) is 15.5. The number of esters is 1. The van der Waals surface area contributed by atoms with Crippen LogP contribution in [0.1, 0.15) is 49.9 Å². The first-order valence-electron chi connectivity index (χ1n) is 9.73. The van der Waals surface area contributed by atoms with Gasteiger partial charge in [0.05, 0.1) is 18.7 Å². The smallest absolute Gasteiger partial charge is 0.359 e. The van der Waals surface area contributed by atoms with E-state index >= 15 is 0 Å². The van der Waals surface area contributed by atoms with Gasteiger partial charge in [0.1, 0.15) is 0 Å². The molecular formula is C21H26N2O3. The Bertz CT molecular complexity index is 904. The predicted octanol–water partition coefficient (Wildman–Crippen LogP) is 2.95. The van der Waals surface area contributed by atoms with Crippen molar-refractivity contribution < 1.29 is 14.6 Å². The van der Waals surface area contributed by atoms with Crippen LogP contribution in [0.25, 0.3) is 10.9 Å². The fourth-order valence-corrected chi connectivity index (χ4v) is 6.10. The first kappa shape index (κ1) is 16.3. The van der Waals surface area contributed by atoms with Crippen LogP contribution in [-0.4, -0.2) is 40.7 Å². The van der Waals surface area contributed by atoms with E-state index in [9.17, 15) is 9.90 Å². The van der Waals surface area contributed by atoms with Crippen molar-refractivity contribution >= 4 is 16.9 Å². The summed E-state index contributed by atoms with van der Waals surface area (Å²) >= 11 is 0. The molecular weight excluding hydrogens is 328 g/mol. The van der Waals surface area contributed by atoms with Crippen LogP contribution in [0.15, 0.2) is 24.3 Å². The minimum Gasteiger partial charge on any atom is -0.465 e. The van der Waals surface area contributed by atoms with Gasteiger partial charge in [0.2, 0.25) is 5.72 Å². The highest BCUT2D eigenvalue weighted by atomic mass is 16.5. The van der Waals surface area contributed by atoms with Crippen molar-refractivity contribution in [2.24, 2.45) is 5.41 Å². The summed E-state index contributed by atoms with van der Waals surface area (Å²) in [4.78, 5) is 15.4. The minimum absolute atomic E-state index is 0.0826. The topological polar surface area (TPSA) is 54.7 Å². The van der Waals surface area contributed by atoms with Crippen molar-refractivity contribution in [3.8, 4) is 0 Å². The number of nitrogens with zero attached hydrogens (tertiary/aromatic N) is 2. The summed E-state index contributed by atoms with van der Waals surface area (Å²) in [6, 6.07) is 8.45. The van der Waals surface area contributed by atoms with Crippen LogP contribution in [-0.2, 0) is 21.7 Å². The maximum atomic E-state index is 12.8. The number of hydrogen-bond donors (Lipinski definition) is 1. The SMILES string of the molecule is CC[C@]12CCCN3CCc4c(n(c5ccccc45)C(O)(C(=O)OC)C1)[C@H]32. The highest BCUT2D eigenvalue weighted by molar-refractivity contribution is 5.90. The van der Waals surface area contributed by atoms with Crippen molar-refractivity contribution in [2.75, 3.05) is 20.2 Å². The van der Waals surface area contributed by atoms with E-state index in [1.54, 1.807) is 0 Å². The number of rotatable bonds is 2. The number of carbonyl (C=O) groups is 1. The molecule has 3 atom stereocenters. The van der Waals surface area contributed by atoms with E-state index in [-0.39, 0.29) is 11.5 Å².